The average molecular weight is 290 g/mol. The Morgan fingerprint density at radius 2 is 1.90 bits per heavy atom. The van der Waals surface area contributed by atoms with Gasteiger partial charge in [-0.05, 0) is 24.3 Å². The second-order valence-corrected chi connectivity index (χ2v) is 5.62. The molecule has 5 heteroatoms. The number of carbonyl (C=O) groups excluding carboxylic acids is 1. The van der Waals surface area contributed by atoms with Gasteiger partial charge in [0.05, 0.1) is 5.92 Å². The Labute approximate surface area is 124 Å². The van der Waals surface area contributed by atoms with Crippen molar-refractivity contribution >= 4 is 11.9 Å². The van der Waals surface area contributed by atoms with Crippen LogP contribution in [0.3, 0.4) is 0 Å². The van der Waals surface area contributed by atoms with Crippen LogP contribution < -0.4 is 11.1 Å². The van der Waals surface area contributed by atoms with Crippen LogP contribution in [0.5, 0.6) is 0 Å². The van der Waals surface area contributed by atoms with E-state index in [0.717, 1.165) is 24.8 Å². The van der Waals surface area contributed by atoms with Gasteiger partial charge in [-0.15, -0.1) is 0 Å². The van der Waals surface area contributed by atoms with Gasteiger partial charge in [0.1, 0.15) is 6.04 Å². The van der Waals surface area contributed by atoms with Gasteiger partial charge in [0.15, 0.2) is 0 Å². The highest BCUT2D eigenvalue weighted by Crippen LogP contribution is 2.29. The fraction of sp³-hybridized carbons (Fsp3) is 0.500. The van der Waals surface area contributed by atoms with Gasteiger partial charge in [0.25, 0.3) is 0 Å². The Kier molecular flexibility index (Phi) is 5.33. The lowest BCUT2D eigenvalue weighted by molar-refractivity contribution is -0.145. The molecule has 114 valence electrons. The third kappa shape index (κ3) is 4.04. The third-order valence-electron chi connectivity index (χ3n) is 4.21. The summed E-state index contributed by atoms with van der Waals surface area (Å²) in [5.74, 6) is -1.37. The number of carboxylic acids is 1. The zero-order chi connectivity index (χ0) is 15.2. The van der Waals surface area contributed by atoms with Crippen molar-refractivity contribution < 1.29 is 14.7 Å². The highest BCUT2D eigenvalue weighted by molar-refractivity contribution is 5.83. The van der Waals surface area contributed by atoms with Crippen LogP contribution >= 0.6 is 0 Å². The summed E-state index contributed by atoms with van der Waals surface area (Å²) in [7, 11) is 0. The lowest BCUT2D eigenvalue weighted by Crippen LogP contribution is -2.40. The number of nitrogens with one attached hydrogen (secondary N) is 1. The van der Waals surface area contributed by atoms with Crippen LogP contribution in [0.15, 0.2) is 30.3 Å². The van der Waals surface area contributed by atoms with Crippen molar-refractivity contribution in [1.82, 2.24) is 5.32 Å². The first-order valence-corrected chi connectivity index (χ1v) is 7.40. The topological polar surface area (TPSA) is 92.4 Å². The molecule has 2 rings (SSSR count). The highest BCUT2D eigenvalue weighted by Gasteiger charge is 2.31. The van der Waals surface area contributed by atoms with E-state index in [1.165, 1.54) is 0 Å². The quantitative estimate of drug-likeness (QED) is 0.769. The Morgan fingerprint density at radius 3 is 2.57 bits per heavy atom. The fourth-order valence-electron chi connectivity index (χ4n) is 2.93. The largest absolute Gasteiger partial charge is 0.481 e. The van der Waals surface area contributed by atoms with Crippen molar-refractivity contribution in [3.63, 3.8) is 0 Å². The van der Waals surface area contributed by atoms with E-state index in [9.17, 15) is 14.7 Å². The summed E-state index contributed by atoms with van der Waals surface area (Å²) in [4.78, 5) is 23.3. The van der Waals surface area contributed by atoms with Crippen LogP contribution in [-0.4, -0.2) is 23.5 Å². The number of carboxylic acid groups (broad SMARTS) is 1. The summed E-state index contributed by atoms with van der Waals surface area (Å²) in [5.41, 5.74) is 6.68. The first kappa shape index (κ1) is 15.5. The van der Waals surface area contributed by atoms with Crippen LogP contribution in [0.25, 0.3) is 0 Å². The minimum Gasteiger partial charge on any atom is -0.481 e. The molecule has 0 heterocycles. The van der Waals surface area contributed by atoms with Crippen LogP contribution in [0, 0.1) is 11.8 Å². The lowest BCUT2D eigenvalue weighted by atomic mass is 9.79. The first-order chi connectivity index (χ1) is 10.1. The van der Waals surface area contributed by atoms with Crippen molar-refractivity contribution in [2.24, 2.45) is 17.6 Å². The van der Waals surface area contributed by atoms with Gasteiger partial charge in [-0.2, -0.15) is 0 Å². The zero-order valence-electron chi connectivity index (χ0n) is 12.0. The predicted molar refractivity (Wildman–Crippen MR) is 79.5 cm³/mol. The molecule has 1 aromatic carbocycles. The van der Waals surface area contributed by atoms with Crippen LogP contribution in [0.4, 0.5) is 0 Å². The predicted octanol–water partition coefficient (Wildman–Crippen LogP) is 1.69. The molecule has 0 spiro atoms. The van der Waals surface area contributed by atoms with E-state index >= 15 is 0 Å². The minimum absolute atomic E-state index is 0.00294. The van der Waals surface area contributed by atoms with Crippen molar-refractivity contribution in [2.75, 3.05) is 6.54 Å². The number of amides is 1. The second-order valence-electron chi connectivity index (χ2n) is 5.62. The van der Waals surface area contributed by atoms with Gasteiger partial charge in [0.2, 0.25) is 5.91 Å². The van der Waals surface area contributed by atoms with Gasteiger partial charge in [0, 0.05) is 6.54 Å². The Morgan fingerprint density at radius 1 is 1.24 bits per heavy atom. The van der Waals surface area contributed by atoms with E-state index < -0.39 is 12.0 Å². The van der Waals surface area contributed by atoms with Gasteiger partial charge in [-0.1, -0.05) is 43.2 Å². The molecule has 1 saturated carbocycles. The van der Waals surface area contributed by atoms with Crippen molar-refractivity contribution in [3.8, 4) is 0 Å². The molecule has 0 saturated heterocycles. The summed E-state index contributed by atoms with van der Waals surface area (Å²) < 4.78 is 0. The molecule has 1 aromatic rings. The van der Waals surface area contributed by atoms with Gasteiger partial charge < -0.3 is 16.2 Å². The number of carbonyl (C=O) groups is 2. The molecular weight excluding hydrogens is 268 g/mol. The molecule has 1 aliphatic rings. The first-order valence-electron chi connectivity index (χ1n) is 7.40. The number of hydrogen-bond acceptors (Lipinski definition) is 3. The Bertz CT molecular complexity index is 490. The lowest BCUT2D eigenvalue weighted by Gasteiger charge is -2.29. The van der Waals surface area contributed by atoms with E-state index in [2.05, 4.69) is 5.32 Å². The molecule has 2 unspecified atom stereocenters. The van der Waals surface area contributed by atoms with E-state index in [1.54, 1.807) is 0 Å². The number of rotatable bonds is 5. The van der Waals surface area contributed by atoms with Crippen molar-refractivity contribution in [1.29, 1.82) is 0 Å². The molecule has 3 atom stereocenters. The van der Waals surface area contributed by atoms with E-state index in [0.29, 0.717) is 13.0 Å². The standard InChI is InChI=1S/C16H22N2O3/c17-14(11-6-2-1-3-7-11)15(19)18-10-12-8-4-5-9-13(12)16(20)21/h1-3,6-7,12-14H,4-5,8-10,17H2,(H,18,19)(H,20,21)/t12?,13?,14-/m0/s1. The monoisotopic (exact) mass is 290 g/mol. The summed E-state index contributed by atoms with van der Waals surface area (Å²) in [5, 5.41) is 12.0. The minimum atomic E-state index is -0.763. The maximum absolute atomic E-state index is 12.1. The van der Waals surface area contributed by atoms with Crippen molar-refractivity contribution in [2.45, 2.75) is 31.7 Å². The second kappa shape index (κ2) is 7.22. The molecular formula is C16H22N2O3. The molecule has 0 radical (unpaired) electrons. The number of nitrogens with two attached hydrogens (primary N) is 1. The summed E-state index contributed by atoms with van der Waals surface area (Å²) in [6, 6.07) is 8.45. The zero-order valence-corrected chi connectivity index (χ0v) is 12.0. The Hall–Kier alpha value is -1.88. The van der Waals surface area contributed by atoms with Gasteiger partial charge >= 0.3 is 5.97 Å². The fourth-order valence-corrected chi connectivity index (χ4v) is 2.93. The SMILES string of the molecule is N[C@H](C(=O)NCC1CCCCC1C(=O)O)c1ccccc1. The van der Waals surface area contributed by atoms with Gasteiger partial charge in [-0.25, -0.2) is 0 Å². The van der Waals surface area contributed by atoms with Crippen LogP contribution in [0.1, 0.15) is 37.3 Å². The maximum Gasteiger partial charge on any atom is 0.306 e. The van der Waals surface area contributed by atoms with Crippen molar-refractivity contribution in [3.05, 3.63) is 35.9 Å². The normalized spacial score (nSPS) is 23.3. The molecule has 0 aliphatic heterocycles. The molecule has 1 fully saturated rings. The van der Waals surface area contributed by atoms with Gasteiger partial charge in [-0.3, -0.25) is 9.59 Å². The summed E-state index contributed by atoms with van der Waals surface area (Å²) >= 11 is 0. The molecule has 4 N–H and O–H groups in total. The number of hydrogen-bond donors (Lipinski definition) is 3. The molecule has 5 nitrogen and oxygen atoms in total. The molecule has 0 aromatic heterocycles. The third-order valence-corrected chi connectivity index (χ3v) is 4.21. The highest BCUT2D eigenvalue weighted by atomic mass is 16.4. The molecule has 0 bridgehead atoms. The van der Waals surface area contributed by atoms with E-state index in [4.69, 9.17) is 5.73 Å². The average Bonchev–Trinajstić information content (AvgIpc) is 2.52. The number of aliphatic carboxylic acids is 1. The smallest absolute Gasteiger partial charge is 0.306 e. The Balaban J connectivity index is 1.89. The maximum atomic E-state index is 12.1. The number of benzene rings is 1. The van der Waals surface area contributed by atoms with Crippen LogP contribution in [-0.2, 0) is 9.59 Å². The molecule has 21 heavy (non-hydrogen) atoms. The molecule has 1 aliphatic carbocycles. The summed E-state index contributed by atoms with van der Waals surface area (Å²) in [6.07, 6.45) is 3.51. The van der Waals surface area contributed by atoms with E-state index in [1.807, 2.05) is 30.3 Å². The van der Waals surface area contributed by atoms with E-state index in [-0.39, 0.29) is 17.7 Å². The molecule has 1 amide bonds. The van der Waals surface area contributed by atoms with Crippen LogP contribution in [0.2, 0.25) is 0 Å². The summed E-state index contributed by atoms with van der Waals surface area (Å²) in [6.45, 7) is 0.385.